The first-order chi connectivity index (χ1) is 11.7. The summed E-state index contributed by atoms with van der Waals surface area (Å²) in [6.45, 7) is 3.07. The Morgan fingerprint density at radius 3 is 2.71 bits per heavy atom. The summed E-state index contributed by atoms with van der Waals surface area (Å²) >= 11 is 2.11. The second kappa shape index (κ2) is 6.81. The molecule has 4 rings (SSSR count). The van der Waals surface area contributed by atoms with E-state index in [0.717, 1.165) is 56.6 Å². The third-order valence-corrected chi connectivity index (χ3v) is 6.79. The summed E-state index contributed by atoms with van der Waals surface area (Å²) in [4.78, 5) is 14.1. The van der Waals surface area contributed by atoms with Crippen LogP contribution in [0.1, 0.15) is 36.9 Å². The summed E-state index contributed by atoms with van der Waals surface area (Å²) < 4.78 is 6.36. The summed E-state index contributed by atoms with van der Waals surface area (Å²) in [5, 5.41) is 0. The van der Waals surface area contributed by atoms with Crippen molar-refractivity contribution in [3.63, 3.8) is 0 Å². The van der Waals surface area contributed by atoms with Crippen LogP contribution in [0.2, 0.25) is 0 Å². The number of hydrogen-bond donors (Lipinski definition) is 0. The van der Waals surface area contributed by atoms with Crippen molar-refractivity contribution in [1.29, 1.82) is 0 Å². The van der Waals surface area contributed by atoms with Crippen LogP contribution in [-0.2, 0) is 16.8 Å². The van der Waals surface area contributed by atoms with Gasteiger partial charge in [0.05, 0.1) is 12.3 Å². The number of piperidine rings is 1. The molecule has 3 aliphatic rings. The summed E-state index contributed by atoms with van der Waals surface area (Å²) in [5.41, 5.74) is 2.27. The molecule has 0 N–H and O–H groups in total. The zero-order valence-corrected chi connectivity index (χ0v) is 15.6. The van der Waals surface area contributed by atoms with Gasteiger partial charge in [-0.05, 0) is 49.2 Å². The van der Waals surface area contributed by atoms with Gasteiger partial charge in [-0.25, -0.2) is 9.97 Å². The van der Waals surface area contributed by atoms with Gasteiger partial charge in [-0.15, -0.1) is 0 Å². The Balaban J connectivity index is 1.54. The Labute approximate surface area is 149 Å². The third-order valence-electron chi connectivity index (χ3n) is 5.75. The second-order valence-electron chi connectivity index (χ2n) is 7.41. The lowest BCUT2D eigenvalue weighted by molar-refractivity contribution is -0.106. The van der Waals surface area contributed by atoms with Gasteiger partial charge < -0.3 is 14.5 Å². The number of hydrogen-bond acceptors (Lipinski definition) is 6. The molecule has 1 aromatic rings. The first kappa shape index (κ1) is 16.6. The molecule has 0 aromatic carbocycles. The lowest BCUT2D eigenvalue weighted by atomic mass is 9.82. The van der Waals surface area contributed by atoms with Gasteiger partial charge in [0.2, 0.25) is 5.95 Å². The molecule has 0 saturated carbocycles. The number of nitrogens with zero attached hydrogens (tertiary/aromatic N) is 4. The van der Waals surface area contributed by atoms with Crippen LogP contribution in [0.15, 0.2) is 6.20 Å². The minimum absolute atomic E-state index is 0.179. The molecule has 4 heterocycles. The molecule has 2 saturated heterocycles. The van der Waals surface area contributed by atoms with E-state index in [9.17, 15) is 0 Å². The fourth-order valence-corrected chi connectivity index (χ4v) is 5.38. The zero-order chi connectivity index (χ0) is 16.6. The van der Waals surface area contributed by atoms with Gasteiger partial charge in [0.25, 0.3) is 0 Å². The molecule has 5 nitrogen and oxygen atoms in total. The van der Waals surface area contributed by atoms with E-state index in [1.807, 2.05) is 25.2 Å². The Bertz CT molecular complexity index is 580. The van der Waals surface area contributed by atoms with E-state index < -0.39 is 0 Å². The lowest BCUT2D eigenvalue weighted by Gasteiger charge is -2.46. The Kier molecular flexibility index (Phi) is 4.71. The second-order valence-corrected chi connectivity index (χ2v) is 8.64. The van der Waals surface area contributed by atoms with E-state index in [2.05, 4.69) is 21.6 Å². The molecule has 0 amide bonds. The number of rotatable bonds is 2. The van der Waals surface area contributed by atoms with Gasteiger partial charge >= 0.3 is 0 Å². The summed E-state index contributed by atoms with van der Waals surface area (Å²) in [6, 6.07) is 0.786. The van der Waals surface area contributed by atoms with E-state index in [4.69, 9.17) is 9.72 Å². The first-order valence-corrected chi connectivity index (χ1v) is 10.3. The van der Waals surface area contributed by atoms with Crippen LogP contribution in [0.4, 0.5) is 5.95 Å². The van der Waals surface area contributed by atoms with E-state index >= 15 is 0 Å². The van der Waals surface area contributed by atoms with E-state index in [-0.39, 0.29) is 5.60 Å². The molecule has 3 aliphatic heterocycles. The predicted octanol–water partition coefficient (Wildman–Crippen LogP) is 2.30. The molecule has 0 unspecified atom stereocenters. The summed E-state index contributed by atoms with van der Waals surface area (Å²) in [7, 11) is 4.00. The van der Waals surface area contributed by atoms with Crippen molar-refractivity contribution < 1.29 is 4.74 Å². The lowest BCUT2D eigenvalue weighted by Crippen LogP contribution is -2.50. The van der Waals surface area contributed by atoms with Crippen molar-refractivity contribution in [3.8, 4) is 0 Å². The Morgan fingerprint density at radius 2 is 2.00 bits per heavy atom. The quantitative estimate of drug-likeness (QED) is 0.817. The molecule has 0 bridgehead atoms. The van der Waals surface area contributed by atoms with E-state index in [1.165, 1.54) is 29.9 Å². The van der Waals surface area contributed by atoms with Crippen molar-refractivity contribution in [1.82, 2.24) is 14.9 Å². The Hall–Kier alpha value is -0.850. The summed E-state index contributed by atoms with van der Waals surface area (Å²) in [5.74, 6) is 3.45. The highest BCUT2D eigenvalue weighted by atomic mass is 32.2. The molecular formula is C18H28N4OS. The number of thioether (sulfide) groups is 1. The molecule has 0 aliphatic carbocycles. The van der Waals surface area contributed by atoms with Gasteiger partial charge in [-0.1, -0.05) is 0 Å². The monoisotopic (exact) mass is 348 g/mol. The number of aromatic nitrogens is 2. The maximum Gasteiger partial charge on any atom is 0.225 e. The first-order valence-electron chi connectivity index (χ1n) is 9.17. The van der Waals surface area contributed by atoms with Crippen molar-refractivity contribution in [2.75, 3.05) is 50.2 Å². The molecule has 0 radical (unpaired) electrons. The minimum atomic E-state index is -0.179. The highest BCUT2D eigenvalue weighted by Gasteiger charge is 2.43. The van der Waals surface area contributed by atoms with Gasteiger partial charge in [-0.2, -0.15) is 11.8 Å². The van der Waals surface area contributed by atoms with Crippen LogP contribution in [0.25, 0.3) is 0 Å². The molecule has 1 aromatic heterocycles. The fourth-order valence-electron chi connectivity index (χ4n) is 4.30. The number of fused-ring (bicyclic) bond motifs is 2. The number of anilines is 1. The smallest absolute Gasteiger partial charge is 0.225 e. The SMILES string of the molecule is CN(C)c1ncc2c(n1)C1(CCN(C3CCSCC3)CC1)OCC2. The van der Waals surface area contributed by atoms with E-state index in [1.54, 1.807) is 0 Å². The minimum Gasteiger partial charge on any atom is -0.368 e. The zero-order valence-electron chi connectivity index (χ0n) is 14.8. The van der Waals surface area contributed by atoms with Crippen LogP contribution in [0, 0.1) is 0 Å². The maximum atomic E-state index is 6.36. The largest absolute Gasteiger partial charge is 0.368 e. The van der Waals surface area contributed by atoms with Crippen LogP contribution >= 0.6 is 11.8 Å². The van der Waals surface area contributed by atoms with Gasteiger partial charge in [0, 0.05) is 39.4 Å². The summed E-state index contributed by atoms with van der Waals surface area (Å²) in [6.07, 6.45) is 7.78. The van der Waals surface area contributed by atoms with Crippen molar-refractivity contribution >= 4 is 17.7 Å². The Morgan fingerprint density at radius 1 is 1.25 bits per heavy atom. The van der Waals surface area contributed by atoms with Crippen LogP contribution < -0.4 is 4.90 Å². The maximum absolute atomic E-state index is 6.36. The predicted molar refractivity (Wildman–Crippen MR) is 98.8 cm³/mol. The highest BCUT2D eigenvalue weighted by Crippen LogP contribution is 2.41. The molecule has 24 heavy (non-hydrogen) atoms. The normalized spacial score (nSPS) is 24.8. The topological polar surface area (TPSA) is 41.5 Å². The average molecular weight is 349 g/mol. The van der Waals surface area contributed by atoms with Crippen LogP contribution in [-0.4, -0.2) is 66.2 Å². The van der Waals surface area contributed by atoms with Gasteiger partial charge in [-0.3, -0.25) is 0 Å². The van der Waals surface area contributed by atoms with Crippen molar-refractivity contribution in [2.45, 2.75) is 43.7 Å². The van der Waals surface area contributed by atoms with Crippen LogP contribution in [0.5, 0.6) is 0 Å². The van der Waals surface area contributed by atoms with Crippen molar-refractivity contribution in [3.05, 3.63) is 17.5 Å². The average Bonchev–Trinajstić information content (AvgIpc) is 2.63. The third kappa shape index (κ3) is 3.04. The standard InChI is InChI=1S/C18H28N4OS/c1-21(2)17-19-13-14-3-10-23-18(16(14)20-17)6-8-22(9-7-18)15-4-11-24-12-5-15/h13,15H,3-12H2,1-2H3. The molecular weight excluding hydrogens is 320 g/mol. The molecule has 2 fully saturated rings. The molecule has 1 spiro atoms. The van der Waals surface area contributed by atoms with E-state index in [0.29, 0.717) is 0 Å². The van der Waals surface area contributed by atoms with Crippen molar-refractivity contribution in [2.24, 2.45) is 0 Å². The van der Waals surface area contributed by atoms with Gasteiger partial charge in [0.1, 0.15) is 5.60 Å². The molecule has 6 heteroatoms. The number of likely N-dealkylation sites (tertiary alicyclic amines) is 1. The fraction of sp³-hybridized carbons (Fsp3) is 0.778. The van der Waals surface area contributed by atoms with Gasteiger partial charge in [0.15, 0.2) is 0 Å². The molecule has 132 valence electrons. The highest BCUT2D eigenvalue weighted by molar-refractivity contribution is 7.99. The van der Waals surface area contributed by atoms with Crippen LogP contribution in [0.3, 0.4) is 0 Å². The number of ether oxygens (including phenoxy) is 1. The molecule has 0 atom stereocenters.